The molecule has 0 heterocycles. The lowest BCUT2D eigenvalue weighted by Crippen LogP contribution is -2.30. The molecule has 138 valence electrons. The molecule has 3 aromatic carbocycles. The van der Waals surface area contributed by atoms with Crippen LogP contribution in [-0.4, -0.2) is 18.8 Å². The second-order valence-corrected chi connectivity index (χ2v) is 6.98. The average molecular weight is 381 g/mol. The van der Waals surface area contributed by atoms with Crippen LogP contribution < -0.4 is 10.1 Å². The Labute approximate surface area is 162 Å². The van der Waals surface area contributed by atoms with Crippen molar-refractivity contribution in [3.63, 3.8) is 0 Å². The Balaban J connectivity index is 1.72. The number of rotatable bonds is 7. The molecule has 3 rings (SSSR count). The van der Waals surface area contributed by atoms with E-state index >= 15 is 0 Å². The van der Waals surface area contributed by atoms with E-state index in [9.17, 15) is 9.18 Å². The van der Waals surface area contributed by atoms with Crippen LogP contribution in [0.1, 0.15) is 17.2 Å². The Morgan fingerprint density at radius 1 is 0.963 bits per heavy atom. The van der Waals surface area contributed by atoms with Crippen molar-refractivity contribution in [1.29, 1.82) is 0 Å². The number of halogens is 1. The van der Waals surface area contributed by atoms with E-state index in [0.717, 1.165) is 21.8 Å². The predicted molar refractivity (Wildman–Crippen MR) is 107 cm³/mol. The molecule has 5 heteroatoms. The molecule has 1 atom stereocenters. The normalized spacial score (nSPS) is 11.6. The minimum Gasteiger partial charge on any atom is -0.497 e. The summed E-state index contributed by atoms with van der Waals surface area (Å²) in [6.07, 6.45) is 0. The van der Waals surface area contributed by atoms with Gasteiger partial charge in [-0.15, -0.1) is 11.8 Å². The van der Waals surface area contributed by atoms with Crippen molar-refractivity contribution in [3.05, 3.63) is 95.8 Å². The minimum absolute atomic E-state index is 0.0889. The number of hydrogen-bond donors (Lipinski definition) is 1. The van der Waals surface area contributed by atoms with E-state index in [0.29, 0.717) is 0 Å². The van der Waals surface area contributed by atoms with Crippen LogP contribution in [0, 0.1) is 5.82 Å². The lowest BCUT2D eigenvalue weighted by molar-refractivity contribution is -0.119. The Kier molecular flexibility index (Phi) is 6.49. The van der Waals surface area contributed by atoms with Crippen LogP contribution in [0.15, 0.2) is 83.8 Å². The van der Waals surface area contributed by atoms with Gasteiger partial charge >= 0.3 is 0 Å². The van der Waals surface area contributed by atoms with Crippen LogP contribution in [0.4, 0.5) is 4.39 Å². The number of thioether (sulfide) groups is 1. The van der Waals surface area contributed by atoms with Crippen LogP contribution >= 0.6 is 11.8 Å². The maximum absolute atomic E-state index is 13.0. The number of nitrogens with one attached hydrogen (secondary N) is 1. The first kappa shape index (κ1) is 19.0. The fourth-order valence-electron chi connectivity index (χ4n) is 2.68. The van der Waals surface area contributed by atoms with Gasteiger partial charge in [0, 0.05) is 4.90 Å². The molecule has 1 N–H and O–H groups in total. The number of carbonyl (C=O) groups is 1. The smallest absolute Gasteiger partial charge is 0.231 e. The van der Waals surface area contributed by atoms with Gasteiger partial charge in [-0.25, -0.2) is 4.39 Å². The summed E-state index contributed by atoms with van der Waals surface area (Å²) < 4.78 is 18.2. The van der Waals surface area contributed by atoms with Gasteiger partial charge < -0.3 is 10.1 Å². The molecule has 0 spiro atoms. The van der Waals surface area contributed by atoms with Crippen LogP contribution in [0.3, 0.4) is 0 Å². The lowest BCUT2D eigenvalue weighted by Gasteiger charge is -2.20. The third-order valence-electron chi connectivity index (χ3n) is 4.07. The fraction of sp³-hybridized carbons (Fsp3) is 0.136. The van der Waals surface area contributed by atoms with Crippen molar-refractivity contribution in [1.82, 2.24) is 5.32 Å². The molecule has 1 amide bonds. The van der Waals surface area contributed by atoms with Gasteiger partial charge in [0.05, 0.1) is 18.9 Å². The number of hydrogen-bond acceptors (Lipinski definition) is 3. The van der Waals surface area contributed by atoms with Gasteiger partial charge in [0.15, 0.2) is 0 Å². The second kappa shape index (κ2) is 9.24. The quantitative estimate of drug-likeness (QED) is 0.596. The predicted octanol–water partition coefficient (Wildman–Crippen LogP) is 4.83. The van der Waals surface area contributed by atoms with E-state index in [1.165, 1.54) is 23.9 Å². The van der Waals surface area contributed by atoms with Gasteiger partial charge in [0.2, 0.25) is 5.91 Å². The lowest BCUT2D eigenvalue weighted by atomic mass is 9.98. The third-order valence-corrected chi connectivity index (χ3v) is 5.08. The van der Waals surface area contributed by atoms with Crippen LogP contribution in [0.25, 0.3) is 0 Å². The van der Waals surface area contributed by atoms with Gasteiger partial charge in [-0.3, -0.25) is 4.79 Å². The number of ether oxygens (including phenoxy) is 1. The topological polar surface area (TPSA) is 38.3 Å². The molecule has 0 aromatic heterocycles. The van der Waals surface area contributed by atoms with Gasteiger partial charge in [0.25, 0.3) is 0 Å². The van der Waals surface area contributed by atoms with E-state index in [4.69, 9.17) is 4.74 Å². The summed E-state index contributed by atoms with van der Waals surface area (Å²) in [5.74, 6) is 0.649. The summed E-state index contributed by atoms with van der Waals surface area (Å²) in [7, 11) is 1.62. The van der Waals surface area contributed by atoms with Crippen molar-refractivity contribution < 1.29 is 13.9 Å². The highest BCUT2D eigenvalue weighted by Crippen LogP contribution is 2.25. The molecule has 3 aromatic rings. The second-order valence-electron chi connectivity index (χ2n) is 5.93. The van der Waals surface area contributed by atoms with E-state index in [1.54, 1.807) is 19.2 Å². The summed E-state index contributed by atoms with van der Waals surface area (Å²) >= 11 is 1.38. The molecule has 0 aliphatic carbocycles. The Bertz CT molecular complexity index is 867. The van der Waals surface area contributed by atoms with Crippen molar-refractivity contribution in [3.8, 4) is 5.75 Å². The van der Waals surface area contributed by atoms with Gasteiger partial charge in [-0.1, -0.05) is 42.5 Å². The molecule has 27 heavy (non-hydrogen) atoms. The highest BCUT2D eigenvalue weighted by atomic mass is 32.2. The first-order valence-electron chi connectivity index (χ1n) is 8.52. The first-order chi connectivity index (χ1) is 13.2. The fourth-order valence-corrected chi connectivity index (χ4v) is 3.39. The summed E-state index contributed by atoms with van der Waals surface area (Å²) in [6, 6.07) is 23.4. The molecular formula is C22H20FNO2S. The monoisotopic (exact) mass is 381 g/mol. The SMILES string of the molecule is COc1ccc(C(NC(=O)CSc2ccc(F)cc2)c2ccccc2)cc1. The van der Waals surface area contributed by atoms with Crippen LogP contribution in [0.2, 0.25) is 0 Å². The molecular weight excluding hydrogens is 361 g/mol. The van der Waals surface area contributed by atoms with E-state index in [2.05, 4.69) is 5.32 Å². The highest BCUT2D eigenvalue weighted by Gasteiger charge is 2.17. The highest BCUT2D eigenvalue weighted by molar-refractivity contribution is 8.00. The molecule has 3 nitrogen and oxygen atoms in total. The van der Waals surface area contributed by atoms with Crippen molar-refractivity contribution in [2.45, 2.75) is 10.9 Å². The maximum Gasteiger partial charge on any atom is 0.231 e. The number of carbonyl (C=O) groups excluding carboxylic acids is 1. The molecule has 0 saturated heterocycles. The van der Waals surface area contributed by atoms with Crippen LogP contribution in [0.5, 0.6) is 5.75 Å². The Hall–Kier alpha value is -2.79. The summed E-state index contributed by atoms with van der Waals surface area (Å²) in [6.45, 7) is 0. The average Bonchev–Trinajstić information content (AvgIpc) is 2.72. The zero-order chi connectivity index (χ0) is 19.1. The summed E-state index contributed by atoms with van der Waals surface area (Å²) in [5, 5.41) is 3.09. The summed E-state index contributed by atoms with van der Waals surface area (Å²) in [4.78, 5) is 13.4. The zero-order valence-corrected chi connectivity index (χ0v) is 15.7. The third kappa shape index (κ3) is 5.34. The molecule has 0 saturated carbocycles. The van der Waals surface area contributed by atoms with E-state index < -0.39 is 0 Å². The van der Waals surface area contributed by atoms with Crippen molar-refractivity contribution in [2.24, 2.45) is 0 Å². The van der Waals surface area contributed by atoms with Crippen LogP contribution in [-0.2, 0) is 4.79 Å². The van der Waals surface area contributed by atoms with Crippen molar-refractivity contribution >= 4 is 17.7 Å². The van der Waals surface area contributed by atoms with Gasteiger partial charge in [0.1, 0.15) is 11.6 Å². The first-order valence-corrected chi connectivity index (χ1v) is 9.51. The molecule has 0 aliphatic rings. The minimum atomic E-state index is -0.285. The maximum atomic E-state index is 13.0. The molecule has 0 radical (unpaired) electrons. The molecule has 0 fully saturated rings. The molecule has 1 unspecified atom stereocenters. The number of amides is 1. The van der Waals surface area contributed by atoms with Crippen molar-refractivity contribution in [2.75, 3.05) is 12.9 Å². The van der Waals surface area contributed by atoms with Gasteiger partial charge in [-0.2, -0.15) is 0 Å². The van der Waals surface area contributed by atoms with E-state index in [1.807, 2.05) is 54.6 Å². The summed E-state index contributed by atoms with van der Waals surface area (Å²) in [5.41, 5.74) is 1.98. The zero-order valence-electron chi connectivity index (χ0n) is 14.9. The molecule has 0 aliphatic heterocycles. The number of methoxy groups -OCH3 is 1. The largest absolute Gasteiger partial charge is 0.497 e. The number of benzene rings is 3. The van der Waals surface area contributed by atoms with Gasteiger partial charge in [-0.05, 0) is 47.5 Å². The van der Waals surface area contributed by atoms with E-state index in [-0.39, 0.29) is 23.5 Å². The Morgan fingerprint density at radius 2 is 1.59 bits per heavy atom. The Morgan fingerprint density at radius 3 is 2.22 bits per heavy atom. The standard InChI is InChI=1S/C22H20FNO2S/c1-26-19-11-7-17(8-12-19)22(16-5-3-2-4-6-16)24-21(25)15-27-20-13-9-18(23)10-14-20/h2-14,22H,15H2,1H3,(H,24,25). The molecule has 0 bridgehead atoms.